The first-order chi connectivity index (χ1) is 6.38. The summed E-state index contributed by atoms with van der Waals surface area (Å²) in [7, 11) is 0. The first-order valence-electron chi connectivity index (χ1n) is 3.69. The first-order valence-corrected chi connectivity index (χ1v) is 4.77. The number of aryl methyl sites for hydroxylation is 1. The number of aromatic nitrogens is 2. The largest absolute Gasteiger partial charge is 0.389 e. The zero-order valence-electron chi connectivity index (χ0n) is 6.86. The van der Waals surface area contributed by atoms with E-state index in [1.165, 1.54) is 6.20 Å². The number of halogens is 4. The zero-order valence-corrected chi connectivity index (χ0v) is 9.02. The summed E-state index contributed by atoms with van der Waals surface area (Å²) in [5.41, 5.74) is -0.405. The van der Waals surface area contributed by atoms with Gasteiger partial charge in [0.15, 0.2) is 0 Å². The Bertz CT molecular complexity index is 374. The molecule has 7 heteroatoms. The van der Waals surface area contributed by atoms with E-state index in [1.807, 2.05) is 0 Å². The van der Waals surface area contributed by atoms with E-state index in [9.17, 15) is 18.0 Å². The van der Waals surface area contributed by atoms with Crippen LogP contribution in [0.2, 0.25) is 0 Å². The molecule has 0 spiro atoms. The van der Waals surface area contributed by atoms with E-state index < -0.39 is 18.2 Å². The number of hydrogen-bond donors (Lipinski definition) is 1. The fourth-order valence-corrected chi connectivity index (χ4v) is 1.08. The summed E-state index contributed by atoms with van der Waals surface area (Å²) in [6, 6.07) is 0. The van der Waals surface area contributed by atoms with Crippen LogP contribution in [0.25, 0.3) is 0 Å². The van der Waals surface area contributed by atoms with Gasteiger partial charge in [0.2, 0.25) is 0 Å². The lowest BCUT2D eigenvalue weighted by molar-refractivity contribution is -0.134. The molecule has 0 radical (unpaired) electrons. The molecule has 0 aliphatic rings. The molecule has 0 amide bonds. The van der Waals surface area contributed by atoms with Gasteiger partial charge in [-0.15, -0.1) is 0 Å². The lowest BCUT2D eigenvalue weighted by Crippen LogP contribution is -2.16. The van der Waals surface area contributed by atoms with E-state index in [4.69, 9.17) is 0 Å². The number of aromatic amines is 1. The molecule has 0 atom stereocenters. The van der Waals surface area contributed by atoms with Gasteiger partial charge >= 0.3 is 6.18 Å². The molecule has 1 aromatic rings. The molecule has 3 nitrogen and oxygen atoms in total. The highest BCUT2D eigenvalue weighted by Gasteiger charge is 2.26. The monoisotopic (exact) mass is 318 g/mol. The summed E-state index contributed by atoms with van der Waals surface area (Å²) in [6.07, 6.45) is -4.24. The lowest BCUT2D eigenvalue weighted by Gasteiger charge is -2.04. The van der Waals surface area contributed by atoms with Gasteiger partial charge < -0.3 is 4.98 Å². The molecule has 1 heterocycles. The molecule has 0 fully saturated rings. The Labute approximate surface area is 90.9 Å². The maximum atomic E-state index is 11.8. The van der Waals surface area contributed by atoms with E-state index in [1.54, 1.807) is 22.6 Å². The summed E-state index contributed by atoms with van der Waals surface area (Å²) in [4.78, 5) is 16.9. The zero-order chi connectivity index (χ0) is 10.8. The Morgan fingerprint density at radius 2 is 2.14 bits per heavy atom. The molecule has 0 saturated heterocycles. The summed E-state index contributed by atoms with van der Waals surface area (Å²) in [5, 5.41) is 0. The fourth-order valence-electron chi connectivity index (χ4n) is 0.803. The predicted molar refractivity (Wildman–Crippen MR) is 52.0 cm³/mol. The van der Waals surface area contributed by atoms with Crippen LogP contribution in [0.4, 0.5) is 13.2 Å². The van der Waals surface area contributed by atoms with Gasteiger partial charge in [-0.05, 0) is 22.6 Å². The summed E-state index contributed by atoms with van der Waals surface area (Å²) >= 11 is 1.76. The third-order valence-corrected chi connectivity index (χ3v) is 2.22. The van der Waals surface area contributed by atoms with Crippen LogP contribution < -0.4 is 5.56 Å². The van der Waals surface area contributed by atoms with E-state index in [-0.39, 0.29) is 12.2 Å². The van der Waals surface area contributed by atoms with Crippen molar-refractivity contribution in [2.75, 3.05) is 0 Å². The van der Waals surface area contributed by atoms with Crippen molar-refractivity contribution in [3.05, 3.63) is 25.9 Å². The van der Waals surface area contributed by atoms with Crippen molar-refractivity contribution < 1.29 is 13.2 Å². The highest BCUT2D eigenvalue weighted by Crippen LogP contribution is 2.20. The van der Waals surface area contributed by atoms with Crippen molar-refractivity contribution in [3.63, 3.8) is 0 Å². The standard InChI is InChI=1S/C7H6F3IN2O/c8-7(9,10)2-1-5-12-3-4(11)6(14)13-5/h3H,1-2H2,(H,12,13,14). The SMILES string of the molecule is O=c1[nH]c(CCC(F)(F)F)ncc1I. The van der Waals surface area contributed by atoms with Crippen LogP contribution in [0.5, 0.6) is 0 Å². The van der Waals surface area contributed by atoms with Gasteiger partial charge in [0, 0.05) is 12.6 Å². The molecule has 0 saturated carbocycles. The van der Waals surface area contributed by atoms with Crippen LogP contribution in [0.3, 0.4) is 0 Å². The number of alkyl halides is 3. The molecule has 0 bridgehead atoms. The Balaban J connectivity index is 2.70. The van der Waals surface area contributed by atoms with Crippen LogP contribution in [-0.4, -0.2) is 16.1 Å². The van der Waals surface area contributed by atoms with E-state index in [0.717, 1.165) is 0 Å². The van der Waals surface area contributed by atoms with Gasteiger partial charge in [0.05, 0.1) is 9.99 Å². The van der Waals surface area contributed by atoms with Crippen molar-refractivity contribution in [2.24, 2.45) is 0 Å². The normalized spacial score (nSPS) is 11.7. The summed E-state index contributed by atoms with van der Waals surface area (Å²) in [6.45, 7) is 0. The highest BCUT2D eigenvalue weighted by molar-refractivity contribution is 14.1. The van der Waals surface area contributed by atoms with Gasteiger partial charge in [-0.1, -0.05) is 0 Å². The average Bonchev–Trinajstić information content (AvgIpc) is 2.06. The maximum Gasteiger partial charge on any atom is 0.389 e. The summed E-state index contributed by atoms with van der Waals surface area (Å²) < 4.78 is 35.8. The molecule has 0 unspecified atom stereocenters. The van der Waals surface area contributed by atoms with Gasteiger partial charge in [-0.25, -0.2) is 4.98 Å². The number of nitrogens with one attached hydrogen (secondary N) is 1. The third kappa shape index (κ3) is 3.64. The Hall–Kier alpha value is -0.600. The molecule has 0 aliphatic heterocycles. The van der Waals surface area contributed by atoms with Gasteiger partial charge in [-0.2, -0.15) is 13.2 Å². The van der Waals surface area contributed by atoms with Crippen molar-refractivity contribution in [1.82, 2.24) is 9.97 Å². The van der Waals surface area contributed by atoms with Gasteiger partial charge in [-0.3, -0.25) is 4.79 Å². The van der Waals surface area contributed by atoms with E-state index in [0.29, 0.717) is 3.57 Å². The molecular formula is C7H6F3IN2O. The Morgan fingerprint density at radius 1 is 1.50 bits per heavy atom. The van der Waals surface area contributed by atoms with Crippen molar-refractivity contribution in [3.8, 4) is 0 Å². The second-order valence-corrected chi connectivity index (χ2v) is 3.78. The second-order valence-electron chi connectivity index (χ2n) is 2.62. The number of nitrogens with zero attached hydrogens (tertiary/aromatic N) is 1. The van der Waals surface area contributed by atoms with E-state index in [2.05, 4.69) is 9.97 Å². The molecule has 78 valence electrons. The quantitative estimate of drug-likeness (QED) is 0.846. The predicted octanol–water partition coefficient (Wildman–Crippen LogP) is 1.87. The minimum absolute atomic E-state index is 0.0627. The van der Waals surface area contributed by atoms with Crippen molar-refractivity contribution in [1.29, 1.82) is 0 Å². The van der Waals surface area contributed by atoms with Crippen LogP contribution >= 0.6 is 22.6 Å². The maximum absolute atomic E-state index is 11.8. The van der Waals surface area contributed by atoms with Crippen LogP contribution in [-0.2, 0) is 6.42 Å². The van der Waals surface area contributed by atoms with Crippen molar-refractivity contribution >= 4 is 22.6 Å². The minimum atomic E-state index is -4.22. The first kappa shape index (κ1) is 11.5. The van der Waals surface area contributed by atoms with Gasteiger partial charge in [0.25, 0.3) is 5.56 Å². The number of H-pyrrole nitrogens is 1. The van der Waals surface area contributed by atoms with E-state index >= 15 is 0 Å². The molecule has 0 aliphatic carbocycles. The lowest BCUT2D eigenvalue weighted by atomic mass is 10.3. The van der Waals surface area contributed by atoms with Crippen LogP contribution in [0.15, 0.2) is 11.0 Å². The Morgan fingerprint density at radius 3 is 2.64 bits per heavy atom. The third-order valence-electron chi connectivity index (χ3n) is 1.45. The van der Waals surface area contributed by atoms with Crippen LogP contribution in [0.1, 0.15) is 12.2 Å². The molecule has 1 aromatic heterocycles. The molecular weight excluding hydrogens is 312 g/mol. The minimum Gasteiger partial charge on any atom is -0.310 e. The Kier molecular flexibility index (Phi) is 3.51. The highest BCUT2D eigenvalue weighted by atomic mass is 127. The molecule has 1 rings (SSSR count). The number of hydrogen-bond acceptors (Lipinski definition) is 2. The topological polar surface area (TPSA) is 45.8 Å². The molecule has 0 aromatic carbocycles. The fraction of sp³-hybridized carbons (Fsp3) is 0.429. The molecule has 1 N–H and O–H groups in total. The summed E-state index contributed by atoms with van der Waals surface area (Å²) in [5.74, 6) is 0.0627. The van der Waals surface area contributed by atoms with Gasteiger partial charge in [0.1, 0.15) is 5.82 Å². The van der Waals surface area contributed by atoms with Crippen LogP contribution in [0, 0.1) is 3.57 Å². The second kappa shape index (κ2) is 4.28. The smallest absolute Gasteiger partial charge is 0.310 e. The average molecular weight is 318 g/mol. The molecule has 14 heavy (non-hydrogen) atoms. The number of rotatable bonds is 2. The van der Waals surface area contributed by atoms with Crippen molar-refractivity contribution in [2.45, 2.75) is 19.0 Å².